The molecule has 3 heterocycles. The van der Waals surface area contributed by atoms with Crippen molar-refractivity contribution in [3.63, 3.8) is 0 Å². The number of likely N-dealkylation sites (tertiary alicyclic amines) is 1. The van der Waals surface area contributed by atoms with Crippen molar-refractivity contribution in [1.29, 1.82) is 0 Å². The predicted molar refractivity (Wildman–Crippen MR) is 154 cm³/mol. The summed E-state index contributed by atoms with van der Waals surface area (Å²) < 4.78 is 77.5. The Morgan fingerprint density at radius 3 is 2.47 bits per heavy atom. The predicted octanol–water partition coefficient (Wildman–Crippen LogP) is 5.53. The first-order chi connectivity index (χ1) is 21.5. The highest BCUT2D eigenvalue weighted by molar-refractivity contribution is 5.86. The van der Waals surface area contributed by atoms with Gasteiger partial charge in [-0.3, -0.25) is 14.5 Å². The average Bonchev–Trinajstić information content (AvgIpc) is 3.90. The molecule has 1 amide bonds. The number of hydrogen-bond donors (Lipinski definition) is 0. The molecule has 0 bridgehead atoms. The van der Waals surface area contributed by atoms with Gasteiger partial charge in [-0.2, -0.15) is 13.2 Å². The molecule has 6 rings (SSSR count). The number of halogens is 4. The zero-order chi connectivity index (χ0) is 31.9. The Morgan fingerprint density at radius 1 is 1.09 bits per heavy atom. The van der Waals surface area contributed by atoms with Crippen LogP contribution in [0.1, 0.15) is 61.6 Å². The normalized spacial score (nSPS) is 27.3. The van der Waals surface area contributed by atoms with Crippen molar-refractivity contribution in [2.75, 3.05) is 40.1 Å². The van der Waals surface area contributed by atoms with Gasteiger partial charge in [0.25, 0.3) is 5.91 Å². The Balaban J connectivity index is 1.15. The summed E-state index contributed by atoms with van der Waals surface area (Å²) in [4.78, 5) is 30.6. The summed E-state index contributed by atoms with van der Waals surface area (Å²) in [5.41, 5.74) is -0.795. The van der Waals surface area contributed by atoms with Crippen LogP contribution in [0.3, 0.4) is 0 Å². The van der Waals surface area contributed by atoms with E-state index in [0.717, 1.165) is 30.5 Å². The van der Waals surface area contributed by atoms with Gasteiger partial charge in [0.15, 0.2) is 18.2 Å². The number of alkyl halides is 3. The molecule has 8 nitrogen and oxygen atoms in total. The first-order valence-electron chi connectivity index (χ1n) is 15.5. The van der Waals surface area contributed by atoms with E-state index in [1.54, 1.807) is 19.1 Å². The van der Waals surface area contributed by atoms with E-state index in [1.807, 2.05) is 0 Å². The number of ether oxygens (including phenoxy) is 4. The molecular weight excluding hydrogens is 596 g/mol. The summed E-state index contributed by atoms with van der Waals surface area (Å²) in [7, 11) is 1.37. The van der Waals surface area contributed by atoms with Crippen molar-refractivity contribution in [2.24, 2.45) is 11.8 Å². The van der Waals surface area contributed by atoms with Crippen LogP contribution < -0.4 is 9.47 Å². The van der Waals surface area contributed by atoms with Crippen molar-refractivity contribution in [1.82, 2.24) is 9.80 Å². The SMILES string of the molecule is CCOc1cc(C(F)(F)F)cc2c1OCN(C(=O)[C@@]1(C3CC3)CC[C@@H](N3CC[C@@H](c4ccc(F)cc4)[C@H](C(=O)OC)C3)CO1)C2. The van der Waals surface area contributed by atoms with Crippen LogP contribution in [0.2, 0.25) is 0 Å². The second-order valence-electron chi connectivity index (χ2n) is 12.4. The molecule has 2 aromatic rings. The molecule has 3 fully saturated rings. The van der Waals surface area contributed by atoms with Crippen LogP contribution in [0, 0.1) is 17.7 Å². The summed E-state index contributed by atoms with van der Waals surface area (Å²) in [5, 5.41) is 0. The molecule has 1 aliphatic carbocycles. The largest absolute Gasteiger partial charge is 0.490 e. The number of nitrogens with zero attached hydrogens (tertiary/aromatic N) is 2. The lowest BCUT2D eigenvalue weighted by Crippen LogP contribution is -2.59. The Bertz CT molecular complexity index is 1410. The van der Waals surface area contributed by atoms with E-state index < -0.39 is 23.3 Å². The van der Waals surface area contributed by atoms with Gasteiger partial charge in [0, 0.05) is 18.2 Å². The van der Waals surface area contributed by atoms with Crippen LogP contribution in [-0.2, 0) is 31.8 Å². The van der Waals surface area contributed by atoms with Crippen molar-refractivity contribution in [3.8, 4) is 11.5 Å². The molecule has 4 aliphatic rings. The molecule has 4 atom stereocenters. The van der Waals surface area contributed by atoms with Crippen LogP contribution in [0.15, 0.2) is 36.4 Å². The fourth-order valence-electron chi connectivity index (χ4n) is 7.25. The molecule has 244 valence electrons. The van der Waals surface area contributed by atoms with E-state index in [1.165, 1.54) is 24.1 Å². The summed E-state index contributed by atoms with van der Waals surface area (Å²) in [6.07, 6.45) is -1.11. The summed E-state index contributed by atoms with van der Waals surface area (Å²) in [6.45, 7) is 3.14. The van der Waals surface area contributed by atoms with E-state index in [-0.39, 0.29) is 79.1 Å². The maximum Gasteiger partial charge on any atom is 0.416 e. The van der Waals surface area contributed by atoms with Crippen LogP contribution >= 0.6 is 0 Å². The molecule has 1 saturated carbocycles. The number of methoxy groups -OCH3 is 1. The molecule has 2 saturated heterocycles. The third-order valence-corrected chi connectivity index (χ3v) is 9.72. The minimum Gasteiger partial charge on any atom is -0.490 e. The average molecular weight is 635 g/mol. The second kappa shape index (κ2) is 12.4. The molecule has 2 aromatic carbocycles. The number of carbonyl (C=O) groups excluding carboxylic acids is 2. The van der Waals surface area contributed by atoms with Gasteiger partial charge in [0.05, 0.1) is 38.3 Å². The molecule has 0 N–H and O–H groups in total. The molecule has 0 spiro atoms. The van der Waals surface area contributed by atoms with Gasteiger partial charge in [-0.25, -0.2) is 4.39 Å². The lowest BCUT2D eigenvalue weighted by Gasteiger charge is -2.47. The van der Waals surface area contributed by atoms with Crippen LogP contribution in [0.25, 0.3) is 0 Å². The molecular formula is C33H38F4N2O6. The molecule has 0 unspecified atom stereocenters. The smallest absolute Gasteiger partial charge is 0.416 e. The zero-order valence-electron chi connectivity index (χ0n) is 25.4. The number of esters is 1. The van der Waals surface area contributed by atoms with Crippen molar-refractivity contribution >= 4 is 11.9 Å². The lowest BCUT2D eigenvalue weighted by molar-refractivity contribution is -0.181. The van der Waals surface area contributed by atoms with Crippen molar-refractivity contribution in [2.45, 2.75) is 69.3 Å². The topological polar surface area (TPSA) is 77.5 Å². The van der Waals surface area contributed by atoms with Gasteiger partial charge in [-0.05, 0) is 87.2 Å². The van der Waals surface area contributed by atoms with Crippen LogP contribution in [0.4, 0.5) is 17.6 Å². The highest BCUT2D eigenvalue weighted by atomic mass is 19.4. The van der Waals surface area contributed by atoms with E-state index in [0.29, 0.717) is 32.4 Å². The first-order valence-corrected chi connectivity index (χ1v) is 15.5. The van der Waals surface area contributed by atoms with Gasteiger partial charge < -0.3 is 23.8 Å². The first kappa shape index (κ1) is 31.6. The number of amides is 1. The second-order valence-corrected chi connectivity index (χ2v) is 12.4. The summed E-state index contributed by atoms with van der Waals surface area (Å²) in [6, 6.07) is 8.17. The number of fused-ring (bicyclic) bond motifs is 1. The van der Waals surface area contributed by atoms with E-state index >= 15 is 0 Å². The van der Waals surface area contributed by atoms with Gasteiger partial charge in [0.1, 0.15) is 11.4 Å². The maximum absolute atomic E-state index is 14.1. The zero-order valence-corrected chi connectivity index (χ0v) is 25.4. The number of piperidine rings is 1. The van der Waals surface area contributed by atoms with Crippen molar-refractivity contribution in [3.05, 3.63) is 58.9 Å². The molecule has 0 aromatic heterocycles. The van der Waals surface area contributed by atoms with E-state index in [9.17, 15) is 27.2 Å². The van der Waals surface area contributed by atoms with Gasteiger partial charge in [0.2, 0.25) is 0 Å². The quantitative estimate of drug-likeness (QED) is 0.293. The minimum atomic E-state index is -4.58. The van der Waals surface area contributed by atoms with Crippen LogP contribution in [-0.4, -0.2) is 73.5 Å². The maximum atomic E-state index is 14.1. The fourth-order valence-corrected chi connectivity index (χ4v) is 7.25. The lowest BCUT2D eigenvalue weighted by atomic mass is 9.79. The van der Waals surface area contributed by atoms with E-state index in [4.69, 9.17) is 18.9 Å². The Labute approximate surface area is 259 Å². The number of benzene rings is 2. The van der Waals surface area contributed by atoms with Gasteiger partial charge in [-0.1, -0.05) is 12.1 Å². The van der Waals surface area contributed by atoms with Gasteiger partial charge in [-0.15, -0.1) is 0 Å². The minimum absolute atomic E-state index is 0.0107. The third kappa shape index (κ3) is 6.23. The number of carbonyl (C=O) groups is 2. The third-order valence-electron chi connectivity index (χ3n) is 9.72. The monoisotopic (exact) mass is 634 g/mol. The van der Waals surface area contributed by atoms with Gasteiger partial charge >= 0.3 is 12.1 Å². The molecule has 3 aliphatic heterocycles. The summed E-state index contributed by atoms with van der Waals surface area (Å²) >= 11 is 0. The number of hydrogen-bond acceptors (Lipinski definition) is 7. The highest BCUT2D eigenvalue weighted by Crippen LogP contribution is 2.49. The fraction of sp³-hybridized carbons (Fsp3) is 0.576. The Hall–Kier alpha value is -3.38. The Kier molecular flexibility index (Phi) is 8.73. The molecule has 12 heteroatoms. The Morgan fingerprint density at radius 2 is 1.84 bits per heavy atom. The van der Waals surface area contributed by atoms with E-state index in [2.05, 4.69) is 4.90 Å². The highest BCUT2D eigenvalue weighted by Gasteiger charge is 2.56. The van der Waals surface area contributed by atoms with Crippen molar-refractivity contribution < 1.29 is 46.1 Å². The standard InChI is InChI=1S/C33H38F4N2O6/c1-3-43-28-15-23(33(35,36)37)14-21-16-39(19-44-29(21)28)31(41)32(22-6-7-22)12-10-25(18-45-32)38-13-11-26(27(17-38)30(40)42-2)20-4-8-24(34)9-5-20/h4-5,8-9,14-15,22,25-27H,3,6-7,10-13,16-19H2,1-2H3/t25-,26+,27-,32+/m1/s1. The van der Waals surface area contributed by atoms with Crippen LogP contribution in [0.5, 0.6) is 11.5 Å². The molecule has 45 heavy (non-hydrogen) atoms. The number of rotatable bonds is 7. The summed E-state index contributed by atoms with van der Waals surface area (Å²) in [5.74, 6) is -1.19. The molecule has 0 radical (unpaired) electrons.